The van der Waals surface area contributed by atoms with Gasteiger partial charge in [0.25, 0.3) is 0 Å². The van der Waals surface area contributed by atoms with Crippen LogP contribution in [0.15, 0.2) is 0 Å². The van der Waals surface area contributed by atoms with Crippen molar-refractivity contribution in [3.63, 3.8) is 0 Å². The third kappa shape index (κ3) is 4.76. The molecule has 0 aliphatic heterocycles. The molecule has 1 rings (SSSR count). The van der Waals surface area contributed by atoms with Crippen LogP contribution < -0.4 is 0 Å². The van der Waals surface area contributed by atoms with Crippen molar-refractivity contribution in [3.05, 3.63) is 33.4 Å². The number of hydrogen-bond donors (Lipinski definition) is 0. The lowest BCUT2D eigenvalue weighted by Crippen LogP contribution is -2.31. The quantitative estimate of drug-likeness (QED) is 0.580. The van der Waals surface area contributed by atoms with Gasteiger partial charge < -0.3 is 9.47 Å². The largest absolute Gasteiger partial charge is 0.465 e. The van der Waals surface area contributed by atoms with Gasteiger partial charge in [-0.3, -0.25) is 0 Å². The van der Waals surface area contributed by atoms with Gasteiger partial charge in [0.05, 0.1) is 25.3 Å². The lowest BCUT2D eigenvalue weighted by molar-refractivity contribution is 0.0551. The minimum Gasteiger partial charge on any atom is -0.465 e. The Hall–Kier alpha value is -1.84. The van der Waals surface area contributed by atoms with Crippen molar-refractivity contribution < 1.29 is 19.1 Å². The van der Waals surface area contributed by atoms with E-state index in [0.29, 0.717) is 11.1 Å². The second-order valence-corrected chi connectivity index (χ2v) is 9.44. The first-order valence-corrected chi connectivity index (χ1v) is 10.3. The summed E-state index contributed by atoms with van der Waals surface area (Å²) in [6, 6.07) is 0. The fourth-order valence-corrected chi connectivity index (χ4v) is 4.12. The number of esters is 2. The van der Waals surface area contributed by atoms with Gasteiger partial charge in [-0.25, -0.2) is 9.59 Å². The summed E-state index contributed by atoms with van der Waals surface area (Å²) in [7, 11) is 2.74. The van der Waals surface area contributed by atoms with Crippen molar-refractivity contribution in [2.24, 2.45) is 0 Å². The SMILES string of the molecule is CCCc1c(CCC)c(C(C)(C)C)c(C(C)(C)C)c(C(=O)OC)c1C(=O)OC. The highest BCUT2D eigenvalue weighted by atomic mass is 16.5. The standard InChI is InChI=1S/C24H38O4/c1-11-13-15-16(14-12-2)19(23(3,4)5)20(24(6,7)8)18(22(26)28-10)17(15)21(25)27-9/h11-14H2,1-10H3. The highest BCUT2D eigenvalue weighted by Gasteiger charge is 2.38. The van der Waals surface area contributed by atoms with Crippen molar-refractivity contribution in [3.8, 4) is 0 Å². The second-order valence-electron chi connectivity index (χ2n) is 9.44. The molecule has 1 aromatic rings. The summed E-state index contributed by atoms with van der Waals surface area (Å²) in [5, 5.41) is 0. The number of ether oxygens (including phenoxy) is 2. The molecule has 0 N–H and O–H groups in total. The van der Waals surface area contributed by atoms with E-state index in [0.717, 1.165) is 36.8 Å². The molecule has 0 amide bonds. The van der Waals surface area contributed by atoms with Crippen LogP contribution in [0.1, 0.15) is 111 Å². The number of rotatable bonds is 6. The number of methoxy groups -OCH3 is 2. The predicted molar refractivity (Wildman–Crippen MR) is 115 cm³/mol. The molecule has 0 fully saturated rings. The van der Waals surface area contributed by atoms with E-state index in [-0.39, 0.29) is 10.8 Å². The Morgan fingerprint density at radius 2 is 1.07 bits per heavy atom. The van der Waals surface area contributed by atoms with Gasteiger partial charge in [0.15, 0.2) is 0 Å². The number of hydrogen-bond acceptors (Lipinski definition) is 4. The van der Waals surface area contributed by atoms with Crippen molar-refractivity contribution in [1.29, 1.82) is 0 Å². The molecule has 4 heteroatoms. The molecule has 0 aromatic heterocycles. The first kappa shape index (κ1) is 24.2. The summed E-state index contributed by atoms with van der Waals surface area (Å²) in [5.41, 5.74) is 4.42. The van der Waals surface area contributed by atoms with Crippen molar-refractivity contribution in [2.45, 2.75) is 91.9 Å². The smallest absolute Gasteiger partial charge is 0.339 e. The summed E-state index contributed by atoms with van der Waals surface area (Å²) in [6.45, 7) is 17.0. The highest BCUT2D eigenvalue weighted by Crippen LogP contribution is 2.43. The molecule has 4 nitrogen and oxygen atoms in total. The van der Waals surface area contributed by atoms with Gasteiger partial charge in [0.2, 0.25) is 0 Å². The molecule has 0 aliphatic carbocycles. The fraction of sp³-hybridized carbons (Fsp3) is 0.667. The Morgan fingerprint density at radius 1 is 0.679 bits per heavy atom. The first-order chi connectivity index (χ1) is 12.9. The molecule has 0 spiro atoms. The van der Waals surface area contributed by atoms with Gasteiger partial charge in [0, 0.05) is 0 Å². The van der Waals surface area contributed by atoms with Crippen molar-refractivity contribution in [2.75, 3.05) is 14.2 Å². The third-order valence-corrected chi connectivity index (χ3v) is 5.00. The number of carbonyl (C=O) groups is 2. The summed E-state index contributed by atoms with van der Waals surface area (Å²) >= 11 is 0. The van der Waals surface area contributed by atoms with Gasteiger partial charge in [-0.05, 0) is 45.9 Å². The summed E-state index contributed by atoms with van der Waals surface area (Å²) in [5.74, 6) is -0.941. The van der Waals surface area contributed by atoms with Crippen LogP contribution >= 0.6 is 0 Å². The van der Waals surface area contributed by atoms with E-state index in [1.165, 1.54) is 25.3 Å². The molecule has 0 heterocycles. The zero-order valence-electron chi connectivity index (χ0n) is 19.5. The molecular weight excluding hydrogens is 352 g/mol. The van der Waals surface area contributed by atoms with E-state index in [9.17, 15) is 9.59 Å². The monoisotopic (exact) mass is 390 g/mol. The number of carbonyl (C=O) groups excluding carboxylic acids is 2. The molecule has 158 valence electrons. The van der Waals surface area contributed by atoms with E-state index in [1.807, 2.05) is 0 Å². The lowest BCUT2D eigenvalue weighted by Gasteiger charge is -2.36. The Bertz CT molecular complexity index is 731. The van der Waals surface area contributed by atoms with E-state index in [2.05, 4.69) is 55.4 Å². The second kappa shape index (κ2) is 9.11. The van der Waals surface area contributed by atoms with E-state index in [4.69, 9.17) is 9.47 Å². The van der Waals surface area contributed by atoms with Gasteiger partial charge in [-0.1, -0.05) is 68.2 Å². The molecule has 0 unspecified atom stereocenters. The van der Waals surface area contributed by atoms with Crippen molar-refractivity contribution >= 4 is 11.9 Å². The molecule has 0 aliphatic rings. The van der Waals surface area contributed by atoms with Gasteiger partial charge >= 0.3 is 11.9 Å². The summed E-state index contributed by atoms with van der Waals surface area (Å²) < 4.78 is 10.3. The van der Waals surface area contributed by atoms with Gasteiger partial charge in [-0.15, -0.1) is 0 Å². The Kier molecular flexibility index (Phi) is 7.87. The maximum Gasteiger partial charge on any atom is 0.339 e. The number of benzene rings is 1. The van der Waals surface area contributed by atoms with Crippen LogP contribution in [0.2, 0.25) is 0 Å². The van der Waals surface area contributed by atoms with E-state index < -0.39 is 11.9 Å². The Balaban J connectivity index is 4.41. The van der Waals surface area contributed by atoms with E-state index in [1.54, 1.807) is 0 Å². The molecular formula is C24H38O4. The van der Waals surface area contributed by atoms with Crippen LogP contribution in [0.4, 0.5) is 0 Å². The normalized spacial score (nSPS) is 12.1. The van der Waals surface area contributed by atoms with E-state index >= 15 is 0 Å². The summed E-state index contributed by atoms with van der Waals surface area (Å²) in [6.07, 6.45) is 3.41. The third-order valence-electron chi connectivity index (χ3n) is 5.00. The Labute approximate surface area is 171 Å². The molecule has 1 aromatic carbocycles. The maximum atomic E-state index is 13.0. The van der Waals surface area contributed by atoms with Crippen LogP contribution in [0.5, 0.6) is 0 Å². The molecule has 0 saturated heterocycles. The fourth-order valence-electron chi connectivity index (χ4n) is 4.12. The average Bonchev–Trinajstić information content (AvgIpc) is 2.59. The van der Waals surface area contributed by atoms with Crippen LogP contribution in [0.3, 0.4) is 0 Å². The lowest BCUT2D eigenvalue weighted by atomic mass is 9.67. The zero-order valence-corrected chi connectivity index (χ0v) is 19.5. The van der Waals surface area contributed by atoms with Gasteiger partial charge in [-0.2, -0.15) is 0 Å². The minimum atomic E-state index is -0.476. The molecule has 0 radical (unpaired) electrons. The van der Waals surface area contributed by atoms with Crippen LogP contribution in [-0.4, -0.2) is 26.2 Å². The Morgan fingerprint density at radius 3 is 1.43 bits per heavy atom. The minimum absolute atomic E-state index is 0.187. The highest BCUT2D eigenvalue weighted by molar-refractivity contribution is 6.06. The van der Waals surface area contributed by atoms with Crippen LogP contribution in [0.25, 0.3) is 0 Å². The van der Waals surface area contributed by atoms with Crippen LogP contribution in [-0.2, 0) is 33.1 Å². The predicted octanol–water partition coefficient (Wildman–Crippen LogP) is 5.76. The molecule has 0 bridgehead atoms. The topological polar surface area (TPSA) is 52.6 Å². The molecule has 0 atom stereocenters. The first-order valence-electron chi connectivity index (χ1n) is 10.3. The average molecular weight is 391 g/mol. The molecule has 0 saturated carbocycles. The summed E-state index contributed by atoms with van der Waals surface area (Å²) in [4.78, 5) is 25.9. The zero-order chi connectivity index (χ0) is 21.9. The molecule has 28 heavy (non-hydrogen) atoms. The van der Waals surface area contributed by atoms with Crippen molar-refractivity contribution in [1.82, 2.24) is 0 Å². The van der Waals surface area contributed by atoms with Crippen LogP contribution in [0, 0.1) is 0 Å². The van der Waals surface area contributed by atoms with Gasteiger partial charge in [0.1, 0.15) is 0 Å². The maximum absolute atomic E-state index is 13.0.